The molecule has 1 aliphatic heterocycles. The molecule has 0 bridgehead atoms. The molecule has 0 saturated carbocycles. The molecule has 2 heterocycles. The van der Waals surface area contributed by atoms with Crippen LogP contribution in [-0.4, -0.2) is 75.0 Å². The van der Waals surface area contributed by atoms with Crippen molar-refractivity contribution in [3.05, 3.63) is 11.9 Å². The Kier molecular flexibility index (Phi) is 4.10. The lowest BCUT2D eigenvalue weighted by atomic mass is 10.3. The monoisotopic (exact) mass is 267 g/mol. The third-order valence-electron chi connectivity index (χ3n) is 3.07. The average Bonchev–Trinajstić information content (AvgIpc) is 2.76. The Labute approximate surface area is 110 Å². The minimum atomic E-state index is -0.961. The summed E-state index contributed by atoms with van der Waals surface area (Å²) in [5.41, 5.74) is 0.360. The molecule has 1 N–H and O–H groups in total. The van der Waals surface area contributed by atoms with E-state index in [9.17, 15) is 9.59 Å². The number of piperazine rings is 1. The number of nitrogens with zero attached hydrogens (tertiary/aromatic N) is 5. The molecule has 104 valence electrons. The molecule has 0 unspecified atom stereocenters. The molecule has 0 spiro atoms. The number of carbonyl (C=O) groups excluding carboxylic acids is 1. The lowest BCUT2D eigenvalue weighted by Crippen LogP contribution is -2.48. The first kappa shape index (κ1) is 13.5. The van der Waals surface area contributed by atoms with Crippen LogP contribution in [0.3, 0.4) is 0 Å². The number of aliphatic carboxylic acids is 1. The number of likely N-dealkylation sites (N-methyl/N-ethyl adjacent to an activating group) is 1. The van der Waals surface area contributed by atoms with Gasteiger partial charge in [-0.05, 0) is 7.05 Å². The Bertz CT molecular complexity index is 465. The predicted molar refractivity (Wildman–Crippen MR) is 65.4 cm³/mol. The maximum Gasteiger partial charge on any atom is 0.309 e. The van der Waals surface area contributed by atoms with E-state index < -0.39 is 5.97 Å². The Hall–Kier alpha value is -1.96. The summed E-state index contributed by atoms with van der Waals surface area (Å²) < 4.78 is 1.39. The van der Waals surface area contributed by atoms with Crippen LogP contribution in [0.5, 0.6) is 0 Å². The molecule has 1 aromatic rings. The minimum absolute atomic E-state index is 0.0140. The summed E-state index contributed by atoms with van der Waals surface area (Å²) in [6.07, 6.45) is 1.32. The highest BCUT2D eigenvalue weighted by molar-refractivity contribution is 5.76. The highest BCUT2D eigenvalue weighted by Crippen LogP contribution is 2.02. The Morgan fingerprint density at radius 2 is 2.00 bits per heavy atom. The van der Waals surface area contributed by atoms with Crippen LogP contribution in [0.25, 0.3) is 0 Å². The smallest absolute Gasteiger partial charge is 0.309 e. The first-order chi connectivity index (χ1) is 9.04. The Morgan fingerprint density at radius 1 is 1.32 bits per heavy atom. The lowest BCUT2D eigenvalue weighted by Gasteiger charge is -2.32. The molecule has 1 aromatic heterocycles. The number of aromatic nitrogens is 3. The van der Waals surface area contributed by atoms with Crippen molar-refractivity contribution in [2.24, 2.45) is 0 Å². The fourth-order valence-corrected chi connectivity index (χ4v) is 1.95. The topological polar surface area (TPSA) is 91.6 Å². The second-order valence-corrected chi connectivity index (χ2v) is 4.66. The molecule has 1 fully saturated rings. The number of hydrogen-bond donors (Lipinski definition) is 1. The number of carboxylic acids is 1. The number of amides is 1. The normalized spacial score (nSPS) is 16.6. The molecular weight excluding hydrogens is 250 g/mol. The van der Waals surface area contributed by atoms with Crippen LogP contribution >= 0.6 is 0 Å². The van der Waals surface area contributed by atoms with Gasteiger partial charge in [-0.3, -0.25) is 9.59 Å². The van der Waals surface area contributed by atoms with E-state index >= 15 is 0 Å². The van der Waals surface area contributed by atoms with E-state index in [1.165, 1.54) is 10.9 Å². The maximum atomic E-state index is 12.0. The fraction of sp³-hybridized carbons (Fsp3) is 0.636. The van der Waals surface area contributed by atoms with Crippen molar-refractivity contribution in [3.8, 4) is 0 Å². The third-order valence-corrected chi connectivity index (χ3v) is 3.07. The molecule has 0 aromatic carbocycles. The second-order valence-electron chi connectivity index (χ2n) is 4.66. The summed E-state index contributed by atoms with van der Waals surface area (Å²) in [5, 5.41) is 16.1. The standard InChI is InChI=1S/C11H17N5O3/c1-14-2-4-15(5-3-14)10(17)8-16-7-9(12-13-16)6-11(18)19/h7H,2-6,8H2,1H3,(H,18,19). The molecule has 0 radical (unpaired) electrons. The van der Waals surface area contributed by atoms with Crippen molar-refractivity contribution in [3.63, 3.8) is 0 Å². The fourth-order valence-electron chi connectivity index (χ4n) is 1.95. The Morgan fingerprint density at radius 3 is 2.63 bits per heavy atom. The summed E-state index contributed by atoms with van der Waals surface area (Å²) in [6.45, 7) is 3.27. The van der Waals surface area contributed by atoms with E-state index in [2.05, 4.69) is 15.2 Å². The molecular formula is C11H17N5O3. The van der Waals surface area contributed by atoms with Gasteiger partial charge in [-0.15, -0.1) is 5.10 Å². The van der Waals surface area contributed by atoms with Crippen LogP contribution in [0, 0.1) is 0 Å². The number of carbonyl (C=O) groups is 2. The summed E-state index contributed by atoms with van der Waals surface area (Å²) >= 11 is 0. The molecule has 1 saturated heterocycles. The van der Waals surface area contributed by atoms with Gasteiger partial charge in [0.2, 0.25) is 5.91 Å². The van der Waals surface area contributed by atoms with Crippen LogP contribution in [-0.2, 0) is 22.6 Å². The highest BCUT2D eigenvalue weighted by atomic mass is 16.4. The molecule has 1 aliphatic rings. The van der Waals surface area contributed by atoms with Gasteiger partial charge in [0.15, 0.2) is 0 Å². The Balaban J connectivity index is 1.88. The largest absolute Gasteiger partial charge is 0.481 e. The zero-order valence-electron chi connectivity index (χ0n) is 10.8. The molecule has 0 atom stereocenters. The summed E-state index contributed by atoms with van der Waals surface area (Å²) in [6, 6.07) is 0. The van der Waals surface area contributed by atoms with E-state index in [0.29, 0.717) is 18.8 Å². The average molecular weight is 267 g/mol. The zero-order valence-corrected chi connectivity index (χ0v) is 10.8. The molecule has 8 nitrogen and oxygen atoms in total. The number of hydrogen-bond acceptors (Lipinski definition) is 5. The zero-order chi connectivity index (χ0) is 13.8. The van der Waals surface area contributed by atoms with Gasteiger partial charge in [0.05, 0.1) is 12.1 Å². The predicted octanol–water partition coefficient (Wildman–Crippen LogP) is -1.32. The lowest BCUT2D eigenvalue weighted by molar-refractivity contribution is -0.136. The summed E-state index contributed by atoms with van der Waals surface area (Å²) in [4.78, 5) is 26.5. The molecule has 0 aliphatic carbocycles. The van der Waals surface area contributed by atoms with Crippen molar-refractivity contribution in [2.45, 2.75) is 13.0 Å². The van der Waals surface area contributed by atoms with E-state index in [1.807, 2.05) is 7.05 Å². The van der Waals surface area contributed by atoms with Crippen LogP contribution < -0.4 is 0 Å². The van der Waals surface area contributed by atoms with Gasteiger partial charge in [0.1, 0.15) is 6.54 Å². The van der Waals surface area contributed by atoms with E-state index in [1.54, 1.807) is 4.90 Å². The van der Waals surface area contributed by atoms with Crippen molar-refractivity contribution in [1.82, 2.24) is 24.8 Å². The summed E-state index contributed by atoms with van der Waals surface area (Å²) in [5.74, 6) is -0.975. The molecule has 8 heteroatoms. The third kappa shape index (κ3) is 3.75. The van der Waals surface area contributed by atoms with Gasteiger partial charge in [-0.2, -0.15) is 0 Å². The van der Waals surface area contributed by atoms with Crippen molar-refractivity contribution in [2.75, 3.05) is 33.2 Å². The molecule has 1 amide bonds. The second kappa shape index (κ2) is 5.79. The van der Waals surface area contributed by atoms with Crippen LogP contribution in [0.2, 0.25) is 0 Å². The first-order valence-corrected chi connectivity index (χ1v) is 6.11. The van der Waals surface area contributed by atoms with Crippen LogP contribution in [0.1, 0.15) is 5.69 Å². The van der Waals surface area contributed by atoms with Crippen LogP contribution in [0.4, 0.5) is 0 Å². The quantitative estimate of drug-likeness (QED) is 0.727. The van der Waals surface area contributed by atoms with Gasteiger partial charge < -0.3 is 14.9 Å². The van der Waals surface area contributed by atoms with Crippen molar-refractivity contribution in [1.29, 1.82) is 0 Å². The summed E-state index contributed by atoms with van der Waals surface area (Å²) in [7, 11) is 2.03. The van der Waals surface area contributed by atoms with Gasteiger partial charge in [0, 0.05) is 32.4 Å². The van der Waals surface area contributed by atoms with Gasteiger partial charge in [-0.25, -0.2) is 4.68 Å². The minimum Gasteiger partial charge on any atom is -0.481 e. The van der Waals surface area contributed by atoms with Crippen molar-refractivity contribution >= 4 is 11.9 Å². The van der Waals surface area contributed by atoms with Gasteiger partial charge in [-0.1, -0.05) is 5.21 Å². The number of rotatable bonds is 4. The van der Waals surface area contributed by atoms with E-state index in [4.69, 9.17) is 5.11 Å². The highest BCUT2D eigenvalue weighted by Gasteiger charge is 2.19. The first-order valence-electron chi connectivity index (χ1n) is 6.11. The van der Waals surface area contributed by atoms with E-state index in [0.717, 1.165) is 13.1 Å². The SMILES string of the molecule is CN1CCN(C(=O)Cn2cc(CC(=O)O)nn2)CC1. The van der Waals surface area contributed by atoms with Gasteiger partial charge in [0.25, 0.3) is 0 Å². The van der Waals surface area contributed by atoms with Gasteiger partial charge >= 0.3 is 5.97 Å². The van der Waals surface area contributed by atoms with Crippen molar-refractivity contribution < 1.29 is 14.7 Å². The molecule has 2 rings (SSSR count). The van der Waals surface area contributed by atoms with E-state index in [-0.39, 0.29) is 18.9 Å². The number of carboxylic acid groups (broad SMARTS) is 1. The molecule has 19 heavy (non-hydrogen) atoms. The van der Waals surface area contributed by atoms with Crippen LogP contribution in [0.15, 0.2) is 6.20 Å². The maximum absolute atomic E-state index is 12.0.